The van der Waals surface area contributed by atoms with Crippen molar-refractivity contribution in [3.05, 3.63) is 53.3 Å². The van der Waals surface area contributed by atoms with Gasteiger partial charge in [-0.2, -0.15) is 0 Å². The molecule has 0 bridgehead atoms. The number of phenolic OH excluding ortho intramolecular Hbond substituents is 1. The summed E-state index contributed by atoms with van der Waals surface area (Å²) in [5, 5.41) is 19.1. The van der Waals surface area contributed by atoms with Gasteiger partial charge in [0.15, 0.2) is 6.29 Å². The first kappa shape index (κ1) is 24.3. The van der Waals surface area contributed by atoms with Gasteiger partial charge in [-0.1, -0.05) is 12.1 Å². The van der Waals surface area contributed by atoms with Crippen molar-refractivity contribution >= 4 is 12.7 Å². The molecule has 1 aromatic heterocycles. The van der Waals surface area contributed by atoms with Crippen molar-refractivity contribution in [2.75, 3.05) is 26.4 Å². The second-order valence-electron chi connectivity index (χ2n) is 7.95. The Bertz CT molecular complexity index is 865. The number of carbonyl (C=O) groups is 2. The van der Waals surface area contributed by atoms with E-state index in [0.29, 0.717) is 38.2 Å². The molecule has 2 N–H and O–H groups in total. The van der Waals surface area contributed by atoms with Crippen molar-refractivity contribution < 1.29 is 29.3 Å². The molecule has 1 atom stereocenters. The molecular formula is C23H30N2O6. The number of pyridine rings is 1. The van der Waals surface area contributed by atoms with Gasteiger partial charge in [0.05, 0.1) is 30.4 Å². The highest BCUT2D eigenvalue weighted by Gasteiger charge is 2.22. The van der Waals surface area contributed by atoms with Crippen LogP contribution in [0.5, 0.6) is 11.5 Å². The molecule has 2 aromatic rings. The van der Waals surface area contributed by atoms with E-state index >= 15 is 0 Å². The second kappa shape index (κ2) is 11.4. The Morgan fingerprint density at radius 1 is 1.29 bits per heavy atom. The number of aromatic nitrogens is 1. The molecule has 1 fully saturated rings. The molecule has 1 aliphatic rings. The Morgan fingerprint density at radius 3 is 2.71 bits per heavy atom. The van der Waals surface area contributed by atoms with Gasteiger partial charge in [-0.3, -0.25) is 14.6 Å². The Morgan fingerprint density at radius 2 is 2.06 bits per heavy atom. The predicted molar refractivity (Wildman–Crippen MR) is 115 cm³/mol. The molecule has 8 heteroatoms. The molecule has 0 aliphatic carbocycles. The number of hydrogen-bond donors (Lipinski definition) is 2. The number of morpholine rings is 1. The SMILES string of the molecule is Cc1cccnc1CC(C)(C)O.O=Cc1c(O)cccc1OCC1COCCN1C=O. The zero-order valence-corrected chi connectivity index (χ0v) is 18.2. The highest BCUT2D eigenvalue weighted by molar-refractivity contribution is 5.83. The number of phenols is 1. The largest absolute Gasteiger partial charge is 0.507 e. The van der Waals surface area contributed by atoms with Crippen molar-refractivity contribution in [1.29, 1.82) is 0 Å². The number of nitrogens with zero attached hydrogens (tertiary/aromatic N) is 2. The molecule has 1 unspecified atom stereocenters. The molecule has 2 heterocycles. The van der Waals surface area contributed by atoms with Gasteiger partial charge in [0.1, 0.15) is 18.1 Å². The summed E-state index contributed by atoms with van der Waals surface area (Å²) in [4.78, 5) is 27.6. The smallest absolute Gasteiger partial charge is 0.210 e. The van der Waals surface area contributed by atoms with Gasteiger partial charge in [-0.15, -0.1) is 0 Å². The normalized spacial score (nSPS) is 16.1. The Hall–Kier alpha value is -2.97. The lowest BCUT2D eigenvalue weighted by molar-refractivity contribution is -0.127. The molecule has 168 valence electrons. The highest BCUT2D eigenvalue weighted by atomic mass is 16.5. The van der Waals surface area contributed by atoms with Crippen LogP contribution < -0.4 is 4.74 Å². The number of hydrogen-bond acceptors (Lipinski definition) is 7. The number of benzene rings is 1. The minimum absolute atomic E-state index is 0.108. The molecule has 1 saturated heterocycles. The maximum atomic E-state index is 10.9. The van der Waals surface area contributed by atoms with Crippen molar-refractivity contribution in [3.8, 4) is 11.5 Å². The van der Waals surface area contributed by atoms with Crippen LogP contribution in [0.25, 0.3) is 0 Å². The number of aliphatic hydroxyl groups is 1. The summed E-state index contributed by atoms with van der Waals surface area (Å²) in [7, 11) is 0. The molecule has 31 heavy (non-hydrogen) atoms. The number of ether oxygens (including phenoxy) is 2. The second-order valence-corrected chi connectivity index (χ2v) is 7.95. The van der Waals surface area contributed by atoms with E-state index in [1.165, 1.54) is 6.07 Å². The molecule has 1 aromatic carbocycles. The molecule has 0 spiro atoms. The van der Waals surface area contributed by atoms with Crippen LogP contribution in [0.3, 0.4) is 0 Å². The lowest BCUT2D eigenvalue weighted by Gasteiger charge is -2.32. The fourth-order valence-electron chi connectivity index (χ4n) is 3.03. The molecule has 3 rings (SSSR count). The minimum atomic E-state index is -0.668. The van der Waals surface area contributed by atoms with Crippen LogP contribution in [-0.2, 0) is 16.0 Å². The number of aldehydes is 1. The maximum Gasteiger partial charge on any atom is 0.210 e. The lowest BCUT2D eigenvalue weighted by atomic mass is 10.0. The number of aromatic hydroxyl groups is 1. The first-order chi connectivity index (χ1) is 14.7. The first-order valence-corrected chi connectivity index (χ1v) is 10.1. The van der Waals surface area contributed by atoms with Gasteiger partial charge < -0.3 is 24.6 Å². The topological polar surface area (TPSA) is 109 Å². The lowest BCUT2D eigenvalue weighted by Crippen LogP contribution is -2.47. The van der Waals surface area contributed by atoms with Gasteiger partial charge in [0.2, 0.25) is 6.41 Å². The van der Waals surface area contributed by atoms with Crippen molar-refractivity contribution in [2.45, 2.75) is 38.8 Å². The van der Waals surface area contributed by atoms with E-state index < -0.39 is 5.60 Å². The summed E-state index contributed by atoms with van der Waals surface area (Å²) >= 11 is 0. The van der Waals surface area contributed by atoms with Gasteiger partial charge >= 0.3 is 0 Å². The number of amides is 1. The van der Waals surface area contributed by atoms with E-state index in [1.807, 2.05) is 19.1 Å². The standard InChI is InChI=1S/C13H15NO5.C10H15NO/c15-6-11-12(17)2-1-3-13(11)19-8-10-7-18-5-4-14(10)9-16;1-8-5-4-6-11-9(8)7-10(2,3)12/h1-3,6,9-10,17H,4-5,7-8H2;4-6,12H,7H2,1-3H3. The first-order valence-electron chi connectivity index (χ1n) is 10.1. The third kappa shape index (κ3) is 7.66. The third-order valence-electron chi connectivity index (χ3n) is 4.72. The molecular weight excluding hydrogens is 400 g/mol. The van der Waals surface area contributed by atoms with Crippen LogP contribution in [0.1, 0.15) is 35.5 Å². The van der Waals surface area contributed by atoms with E-state index in [4.69, 9.17) is 9.47 Å². The maximum absolute atomic E-state index is 10.9. The fourth-order valence-corrected chi connectivity index (χ4v) is 3.03. The number of aryl methyl sites for hydroxylation is 1. The van der Waals surface area contributed by atoms with Crippen molar-refractivity contribution in [2.24, 2.45) is 0 Å². The van der Waals surface area contributed by atoms with Crippen molar-refractivity contribution in [3.63, 3.8) is 0 Å². The van der Waals surface area contributed by atoms with E-state index in [1.54, 1.807) is 37.1 Å². The van der Waals surface area contributed by atoms with Crippen LogP contribution >= 0.6 is 0 Å². The van der Waals surface area contributed by atoms with E-state index in [9.17, 15) is 19.8 Å². The average molecular weight is 431 g/mol. The van der Waals surface area contributed by atoms with Gasteiger partial charge in [-0.05, 0) is 44.5 Å². The minimum Gasteiger partial charge on any atom is -0.507 e. The quantitative estimate of drug-likeness (QED) is 0.648. The summed E-state index contributed by atoms with van der Waals surface area (Å²) in [6.45, 7) is 7.24. The zero-order chi connectivity index (χ0) is 22.9. The summed E-state index contributed by atoms with van der Waals surface area (Å²) in [6.07, 6.45) is 3.67. The molecule has 1 aliphatic heterocycles. The molecule has 1 amide bonds. The fraction of sp³-hybridized carbons (Fsp3) is 0.435. The van der Waals surface area contributed by atoms with Crippen LogP contribution in [0.15, 0.2) is 36.5 Å². The number of rotatable bonds is 7. The van der Waals surface area contributed by atoms with Crippen LogP contribution in [0.4, 0.5) is 0 Å². The number of carbonyl (C=O) groups excluding carboxylic acids is 2. The summed E-state index contributed by atoms with van der Waals surface area (Å²) in [5.74, 6) is 0.172. The zero-order valence-electron chi connectivity index (χ0n) is 18.2. The van der Waals surface area contributed by atoms with Crippen LogP contribution in [0.2, 0.25) is 0 Å². The average Bonchev–Trinajstić information content (AvgIpc) is 2.73. The Balaban J connectivity index is 0.000000245. The van der Waals surface area contributed by atoms with Crippen molar-refractivity contribution in [1.82, 2.24) is 9.88 Å². The monoisotopic (exact) mass is 430 g/mol. The highest BCUT2D eigenvalue weighted by Crippen LogP contribution is 2.25. The van der Waals surface area contributed by atoms with E-state index in [2.05, 4.69) is 4.98 Å². The van der Waals surface area contributed by atoms with Gasteiger partial charge in [0.25, 0.3) is 0 Å². The van der Waals surface area contributed by atoms with Gasteiger partial charge in [-0.25, -0.2) is 0 Å². The van der Waals surface area contributed by atoms with E-state index in [0.717, 1.165) is 17.7 Å². The molecule has 8 nitrogen and oxygen atoms in total. The summed E-state index contributed by atoms with van der Waals surface area (Å²) < 4.78 is 10.8. The Labute approximate surface area is 182 Å². The van der Waals surface area contributed by atoms with E-state index in [-0.39, 0.29) is 24.0 Å². The van der Waals surface area contributed by atoms with Crippen LogP contribution in [0, 0.1) is 6.92 Å². The molecule has 0 saturated carbocycles. The van der Waals surface area contributed by atoms with Crippen LogP contribution in [-0.4, -0.2) is 70.8 Å². The summed E-state index contributed by atoms with van der Waals surface area (Å²) in [5.41, 5.74) is 1.56. The van der Waals surface area contributed by atoms with Gasteiger partial charge in [0, 0.05) is 24.9 Å². The third-order valence-corrected chi connectivity index (χ3v) is 4.72. The molecule has 0 radical (unpaired) electrons. The predicted octanol–water partition coefficient (Wildman–Crippen LogP) is 2.14. The Kier molecular flexibility index (Phi) is 8.96. The summed E-state index contributed by atoms with van der Waals surface area (Å²) in [6, 6.07) is 8.33.